The molecule has 0 fully saturated rings. The van der Waals surface area contributed by atoms with Crippen LogP contribution in [0.2, 0.25) is 0 Å². The predicted octanol–water partition coefficient (Wildman–Crippen LogP) is 2.99. The smallest absolute Gasteiger partial charge is 0.309 e. The molecule has 0 bridgehead atoms. The molecule has 0 aromatic rings. The Morgan fingerprint density at radius 1 is 1.29 bits per heavy atom. The number of ether oxygens (including phenoxy) is 1. The Hall–Kier alpha value is -1.05. The average molecular weight is 194 g/mol. The molecule has 2 heteroatoms. The lowest BCUT2D eigenvalue weighted by Crippen LogP contribution is -2.14. The summed E-state index contributed by atoms with van der Waals surface area (Å²) in [6.07, 6.45) is 12.7. The van der Waals surface area contributed by atoms with E-state index in [-0.39, 0.29) is 12.1 Å². The molecule has 78 valence electrons. The number of allylic oxidation sites excluding steroid dienone is 3. The van der Waals surface area contributed by atoms with Crippen LogP contribution < -0.4 is 0 Å². The van der Waals surface area contributed by atoms with E-state index in [1.165, 1.54) is 0 Å². The molecule has 0 amide bonds. The van der Waals surface area contributed by atoms with Crippen LogP contribution >= 0.6 is 0 Å². The van der Waals surface area contributed by atoms with E-state index in [4.69, 9.17) is 4.74 Å². The summed E-state index contributed by atoms with van der Waals surface area (Å²) in [5.41, 5.74) is 0. The van der Waals surface area contributed by atoms with Crippen molar-refractivity contribution in [1.82, 2.24) is 0 Å². The van der Waals surface area contributed by atoms with Crippen molar-refractivity contribution < 1.29 is 9.53 Å². The number of esters is 1. The fourth-order valence-electron chi connectivity index (χ4n) is 1.42. The van der Waals surface area contributed by atoms with Gasteiger partial charge in [-0.2, -0.15) is 0 Å². The third-order valence-electron chi connectivity index (χ3n) is 2.20. The van der Waals surface area contributed by atoms with E-state index in [0.717, 1.165) is 25.7 Å². The second-order valence-electron chi connectivity index (χ2n) is 3.61. The standard InChI is InChI=1S/C12H18O2/c1-11-9-7-5-3-2-4-6-8-10-12(13)14-11/h2-3,6,8,11H,4-5,7,9-10H2,1H3/b3-2-,8-6-. The van der Waals surface area contributed by atoms with Gasteiger partial charge in [0.1, 0.15) is 0 Å². The van der Waals surface area contributed by atoms with Crippen molar-refractivity contribution in [3.8, 4) is 0 Å². The number of carbonyl (C=O) groups is 1. The fraction of sp³-hybridized carbons (Fsp3) is 0.583. The molecule has 0 aromatic heterocycles. The molecule has 1 unspecified atom stereocenters. The summed E-state index contributed by atoms with van der Waals surface area (Å²) in [7, 11) is 0. The number of rotatable bonds is 0. The minimum absolute atomic E-state index is 0.0590. The topological polar surface area (TPSA) is 26.3 Å². The van der Waals surface area contributed by atoms with E-state index in [1.807, 2.05) is 19.1 Å². The van der Waals surface area contributed by atoms with Crippen LogP contribution in [-0.2, 0) is 9.53 Å². The minimum Gasteiger partial charge on any atom is -0.462 e. The van der Waals surface area contributed by atoms with E-state index in [2.05, 4.69) is 12.2 Å². The maximum absolute atomic E-state index is 11.2. The highest BCUT2D eigenvalue weighted by Gasteiger charge is 2.07. The van der Waals surface area contributed by atoms with Crippen molar-refractivity contribution in [2.75, 3.05) is 0 Å². The summed E-state index contributed by atoms with van der Waals surface area (Å²) in [5, 5.41) is 0. The van der Waals surface area contributed by atoms with Crippen molar-refractivity contribution in [1.29, 1.82) is 0 Å². The third-order valence-corrected chi connectivity index (χ3v) is 2.20. The molecule has 2 nitrogen and oxygen atoms in total. The third kappa shape index (κ3) is 4.85. The lowest BCUT2D eigenvalue weighted by atomic mass is 10.1. The SMILES string of the molecule is CC1CCC/C=C\C/C=C\CC(=O)O1. The Morgan fingerprint density at radius 2 is 2.07 bits per heavy atom. The van der Waals surface area contributed by atoms with Gasteiger partial charge >= 0.3 is 5.97 Å². The van der Waals surface area contributed by atoms with Crippen LogP contribution in [0.4, 0.5) is 0 Å². The lowest BCUT2D eigenvalue weighted by Gasteiger charge is -2.11. The highest BCUT2D eigenvalue weighted by molar-refractivity contribution is 5.71. The second kappa shape index (κ2) is 6.41. The Kier molecular flexibility index (Phi) is 5.05. The van der Waals surface area contributed by atoms with Crippen LogP contribution in [0, 0.1) is 0 Å². The molecular formula is C12H18O2. The summed E-state index contributed by atoms with van der Waals surface area (Å²) in [4.78, 5) is 11.2. The minimum atomic E-state index is -0.113. The molecule has 0 aliphatic carbocycles. The Morgan fingerprint density at radius 3 is 2.93 bits per heavy atom. The zero-order chi connectivity index (χ0) is 10.2. The van der Waals surface area contributed by atoms with E-state index in [0.29, 0.717) is 6.42 Å². The molecule has 0 N–H and O–H groups in total. The number of hydrogen-bond acceptors (Lipinski definition) is 2. The largest absolute Gasteiger partial charge is 0.462 e. The molecule has 0 spiro atoms. The molecule has 14 heavy (non-hydrogen) atoms. The van der Waals surface area contributed by atoms with Gasteiger partial charge in [0.25, 0.3) is 0 Å². The van der Waals surface area contributed by atoms with Gasteiger partial charge in [-0.15, -0.1) is 0 Å². The first-order chi connectivity index (χ1) is 6.79. The van der Waals surface area contributed by atoms with Crippen molar-refractivity contribution in [3.05, 3.63) is 24.3 Å². The van der Waals surface area contributed by atoms with Gasteiger partial charge in [0, 0.05) is 0 Å². The lowest BCUT2D eigenvalue weighted by molar-refractivity contribution is -0.147. The summed E-state index contributed by atoms with van der Waals surface area (Å²) in [5.74, 6) is -0.113. The molecule has 0 saturated carbocycles. The Balaban J connectivity index is 2.44. The first-order valence-corrected chi connectivity index (χ1v) is 5.28. The highest BCUT2D eigenvalue weighted by atomic mass is 16.5. The Bertz CT molecular complexity index is 228. The normalized spacial score (nSPS) is 29.5. The molecular weight excluding hydrogens is 176 g/mol. The Labute approximate surface area is 85.6 Å². The number of cyclic esters (lactones) is 1. The second-order valence-corrected chi connectivity index (χ2v) is 3.61. The molecule has 0 aromatic carbocycles. The van der Waals surface area contributed by atoms with Crippen LogP contribution in [0.25, 0.3) is 0 Å². The van der Waals surface area contributed by atoms with Crippen molar-refractivity contribution in [2.45, 2.75) is 45.1 Å². The van der Waals surface area contributed by atoms with Crippen molar-refractivity contribution >= 4 is 5.97 Å². The summed E-state index contributed by atoms with van der Waals surface area (Å²) < 4.78 is 5.21. The summed E-state index contributed by atoms with van der Waals surface area (Å²) >= 11 is 0. The highest BCUT2D eigenvalue weighted by Crippen LogP contribution is 2.08. The monoisotopic (exact) mass is 194 g/mol. The van der Waals surface area contributed by atoms with E-state index >= 15 is 0 Å². The van der Waals surface area contributed by atoms with Gasteiger partial charge in [-0.05, 0) is 32.6 Å². The van der Waals surface area contributed by atoms with Gasteiger partial charge in [0.15, 0.2) is 0 Å². The molecule has 0 radical (unpaired) electrons. The maximum atomic E-state index is 11.2. The van der Waals surface area contributed by atoms with Gasteiger partial charge in [0.05, 0.1) is 12.5 Å². The van der Waals surface area contributed by atoms with Crippen molar-refractivity contribution in [2.24, 2.45) is 0 Å². The summed E-state index contributed by atoms with van der Waals surface area (Å²) in [6.45, 7) is 1.96. The maximum Gasteiger partial charge on any atom is 0.309 e. The van der Waals surface area contributed by atoms with Gasteiger partial charge in [-0.1, -0.05) is 24.3 Å². The van der Waals surface area contributed by atoms with E-state index in [9.17, 15) is 4.79 Å². The van der Waals surface area contributed by atoms with Gasteiger partial charge < -0.3 is 4.74 Å². The van der Waals surface area contributed by atoms with Crippen LogP contribution in [0.5, 0.6) is 0 Å². The molecule has 1 heterocycles. The average Bonchev–Trinajstić information content (AvgIpc) is 2.13. The predicted molar refractivity (Wildman–Crippen MR) is 56.9 cm³/mol. The number of carbonyl (C=O) groups excluding carboxylic acids is 1. The molecule has 1 aliphatic rings. The van der Waals surface area contributed by atoms with E-state index < -0.39 is 0 Å². The van der Waals surface area contributed by atoms with E-state index in [1.54, 1.807) is 0 Å². The quantitative estimate of drug-likeness (QED) is 0.437. The van der Waals surface area contributed by atoms with Crippen LogP contribution in [-0.4, -0.2) is 12.1 Å². The van der Waals surface area contributed by atoms with Gasteiger partial charge in [-0.25, -0.2) is 0 Å². The first-order valence-electron chi connectivity index (χ1n) is 5.28. The van der Waals surface area contributed by atoms with Gasteiger partial charge in [-0.3, -0.25) is 4.79 Å². The first kappa shape index (κ1) is 11.0. The molecule has 1 aliphatic heterocycles. The number of hydrogen-bond donors (Lipinski definition) is 0. The molecule has 1 atom stereocenters. The van der Waals surface area contributed by atoms with Crippen LogP contribution in [0.3, 0.4) is 0 Å². The molecule has 1 rings (SSSR count). The van der Waals surface area contributed by atoms with Crippen molar-refractivity contribution in [3.63, 3.8) is 0 Å². The van der Waals surface area contributed by atoms with Crippen LogP contribution in [0.1, 0.15) is 39.0 Å². The summed E-state index contributed by atoms with van der Waals surface area (Å²) in [6, 6.07) is 0. The molecule has 0 saturated heterocycles. The van der Waals surface area contributed by atoms with Gasteiger partial charge in [0.2, 0.25) is 0 Å². The fourth-order valence-corrected chi connectivity index (χ4v) is 1.42. The zero-order valence-electron chi connectivity index (χ0n) is 8.74. The van der Waals surface area contributed by atoms with Crippen LogP contribution in [0.15, 0.2) is 24.3 Å². The zero-order valence-corrected chi connectivity index (χ0v) is 8.74.